The van der Waals surface area contributed by atoms with Crippen molar-refractivity contribution in [1.82, 2.24) is 10.2 Å². The van der Waals surface area contributed by atoms with Crippen LogP contribution in [-0.4, -0.2) is 23.3 Å². The van der Waals surface area contributed by atoms with Crippen LogP contribution in [-0.2, 0) is 17.9 Å². The van der Waals surface area contributed by atoms with Gasteiger partial charge in [-0.1, -0.05) is 72.8 Å². The van der Waals surface area contributed by atoms with E-state index >= 15 is 0 Å². The molecule has 5 rings (SSSR count). The molecular formula is C30H29N3O2. The monoisotopic (exact) mass is 463 g/mol. The lowest BCUT2D eigenvalue weighted by atomic mass is 9.99. The molecule has 0 aromatic heterocycles. The highest BCUT2D eigenvalue weighted by Gasteiger charge is 2.21. The van der Waals surface area contributed by atoms with Crippen LogP contribution in [0.15, 0.2) is 84.9 Å². The number of aryl methyl sites for hydroxylation is 1. The minimum Gasteiger partial charge on any atom is -0.345 e. The molecule has 2 N–H and O–H groups in total. The van der Waals surface area contributed by atoms with E-state index in [0.717, 1.165) is 35.0 Å². The minimum absolute atomic E-state index is 0.0860. The lowest BCUT2D eigenvalue weighted by Crippen LogP contribution is -2.30. The molecule has 0 unspecified atom stereocenters. The number of fused-ring (bicyclic) bond motifs is 2. The average Bonchev–Trinajstić information content (AvgIpc) is 3.26. The van der Waals surface area contributed by atoms with Crippen molar-refractivity contribution in [3.63, 3.8) is 0 Å². The molecule has 0 aliphatic carbocycles. The minimum atomic E-state index is -0.164. The van der Waals surface area contributed by atoms with Crippen molar-refractivity contribution >= 4 is 28.3 Å². The Morgan fingerprint density at radius 3 is 2.34 bits per heavy atom. The Morgan fingerprint density at radius 2 is 1.57 bits per heavy atom. The van der Waals surface area contributed by atoms with Crippen molar-refractivity contribution in [3.8, 4) is 0 Å². The molecule has 0 bridgehead atoms. The third-order valence-electron chi connectivity index (χ3n) is 6.68. The van der Waals surface area contributed by atoms with E-state index in [1.807, 2.05) is 62.4 Å². The Morgan fingerprint density at radius 1 is 0.886 bits per heavy atom. The van der Waals surface area contributed by atoms with Crippen LogP contribution in [0.2, 0.25) is 0 Å². The molecule has 0 saturated carbocycles. The molecule has 0 spiro atoms. The van der Waals surface area contributed by atoms with Crippen molar-refractivity contribution in [1.29, 1.82) is 0 Å². The standard InChI is InChI=1S/C30H29N3O2/c1-20-14-15-25(32-29(34)19-33-17-23-9-3-4-10-24(23)18-33)16-28(20)30(35)31-21(2)26-13-7-11-22-8-5-6-12-27(22)26/h3-16,21H,17-19H2,1-2H3,(H,31,35)(H,32,34)/t21-/m1/s1. The van der Waals surface area contributed by atoms with Crippen LogP contribution in [0.5, 0.6) is 0 Å². The maximum Gasteiger partial charge on any atom is 0.252 e. The highest BCUT2D eigenvalue weighted by atomic mass is 16.2. The number of nitrogens with one attached hydrogen (secondary N) is 2. The second kappa shape index (κ2) is 9.72. The van der Waals surface area contributed by atoms with E-state index in [2.05, 4.69) is 45.9 Å². The first-order valence-electron chi connectivity index (χ1n) is 12.0. The highest BCUT2D eigenvalue weighted by molar-refractivity contribution is 5.99. The van der Waals surface area contributed by atoms with Crippen molar-refractivity contribution in [3.05, 3.63) is 113 Å². The zero-order chi connectivity index (χ0) is 24.4. The first-order chi connectivity index (χ1) is 17.0. The van der Waals surface area contributed by atoms with E-state index in [1.165, 1.54) is 11.1 Å². The van der Waals surface area contributed by atoms with Gasteiger partial charge in [0.15, 0.2) is 0 Å². The molecule has 1 heterocycles. The number of carbonyl (C=O) groups excluding carboxylic acids is 2. The third kappa shape index (κ3) is 4.96. The summed E-state index contributed by atoms with van der Waals surface area (Å²) in [6.45, 7) is 5.76. The molecule has 4 aromatic rings. The van der Waals surface area contributed by atoms with Crippen molar-refractivity contribution in [2.24, 2.45) is 0 Å². The molecule has 1 atom stereocenters. The van der Waals surface area contributed by atoms with Gasteiger partial charge in [-0.15, -0.1) is 0 Å². The Labute approximate surface area is 205 Å². The van der Waals surface area contributed by atoms with E-state index in [9.17, 15) is 9.59 Å². The molecule has 2 amide bonds. The highest BCUT2D eigenvalue weighted by Crippen LogP contribution is 2.25. The zero-order valence-corrected chi connectivity index (χ0v) is 20.0. The summed E-state index contributed by atoms with van der Waals surface area (Å²) in [6.07, 6.45) is 0. The van der Waals surface area contributed by atoms with Crippen molar-refractivity contribution in [2.45, 2.75) is 33.0 Å². The van der Waals surface area contributed by atoms with Gasteiger partial charge in [0.1, 0.15) is 0 Å². The molecule has 35 heavy (non-hydrogen) atoms. The second-order valence-electron chi connectivity index (χ2n) is 9.26. The van der Waals surface area contributed by atoms with E-state index in [1.54, 1.807) is 6.07 Å². The SMILES string of the molecule is Cc1ccc(NC(=O)CN2Cc3ccccc3C2)cc1C(=O)N[C@H](C)c1cccc2ccccc12. The molecule has 1 aliphatic rings. The second-order valence-corrected chi connectivity index (χ2v) is 9.26. The maximum absolute atomic E-state index is 13.2. The van der Waals surface area contributed by atoms with Crippen LogP contribution >= 0.6 is 0 Å². The number of anilines is 1. The first kappa shape index (κ1) is 22.8. The van der Waals surface area contributed by atoms with Gasteiger partial charge in [-0.05, 0) is 59.0 Å². The normalized spacial score (nSPS) is 13.9. The molecule has 176 valence electrons. The first-order valence-corrected chi connectivity index (χ1v) is 12.0. The Bertz CT molecular complexity index is 1380. The molecular weight excluding hydrogens is 434 g/mol. The fourth-order valence-electron chi connectivity index (χ4n) is 4.84. The third-order valence-corrected chi connectivity index (χ3v) is 6.68. The summed E-state index contributed by atoms with van der Waals surface area (Å²) in [5, 5.41) is 8.38. The van der Waals surface area contributed by atoms with Crippen LogP contribution < -0.4 is 10.6 Å². The van der Waals surface area contributed by atoms with Gasteiger partial charge in [0.2, 0.25) is 5.91 Å². The van der Waals surface area contributed by atoms with Crippen molar-refractivity contribution < 1.29 is 9.59 Å². The Balaban J connectivity index is 1.25. The topological polar surface area (TPSA) is 61.4 Å². The zero-order valence-electron chi connectivity index (χ0n) is 20.0. The predicted molar refractivity (Wildman–Crippen MR) is 140 cm³/mol. The average molecular weight is 464 g/mol. The summed E-state index contributed by atoms with van der Waals surface area (Å²) >= 11 is 0. The smallest absolute Gasteiger partial charge is 0.252 e. The van der Waals surface area contributed by atoms with Gasteiger partial charge in [-0.25, -0.2) is 0 Å². The van der Waals surface area contributed by atoms with Gasteiger partial charge in [0, 0.05) is 24.3 Å². The van der Waals surface area contributed by atoms with Crippen LogP contribution in [0.1, 0.15) is 45.6 Å². The van der Waals surface area contributed by atoms with Gasteiger partial charge in [0.25, 0.3) is 5.91 Å². The summed E-state index contributed by atoms with van der Waals surface area (Å²) in [4.78, 5) is 28.0. The molecule has 4 aromatic carbocycles. The Hall–Kier alpha value is -3.96. The van der Waals surface area contributed by atoms with Crippen LogP contribution in [0.25, 0.3) is 10.8 Å². The summed E-state index contributed by atoms with van der Waals surface area (Å²) in [5.41, 5.74) is 5.67. The fourth-order valence-corrected chi connectivity index (χ4v) is 4.84. The Kier molecular flexibility index (Phi) is 6.34. The maximum atomic E-state index is 13.2. The summed E-state index contributed by atoms with van der Waals surface area (Å²) in [5.74, 6) is -0.244. The number of nitrogens with zero attached hydrogens (tertiary/aromatic N) is 1. The quantitative estimate of drug-likeness (QED) is 0.392. The number of hydrogen-bond acceptors (Lipinski definition) is 3. The van der Waals surface area contributed by atoms with Gasteiger partial charge in [0.05, 0.1) is 12.6 Å². The summed E-state index contributed by atoms with van der Waals surface area (Å²) < 4.78 is 0. The number of benzene rings is 4. The number of hydrogen-bond donors (Lipinski definition) is 2. The number of rotatable bonds is 6. The van der Waals surface area contributed by atoms with Gasteiger partial charge < -0.3 is 10.6 Å². The lowest BCUT2D eigenvalue weighted by Gasteiger charge is -2.18. The molecule has 0 radical (unpaired) electrons. The van der Waals surface area contributed by atoms with Gasteiger partial charge in [-0.2, -0.15) is 0 Å². The van der Waals surface area contributed by atoms with Crippen LogP contribution in [0.4, 0.5) is 5.69 Å². The molecule has 5 heteroatoms. The van der Waals surface area contributed by atoms with E-state index in [4.69, 9.17) is 0 Å². The van der Waals surface area contributed by atoms with E-state index in [-0.39, 0.29) is 17.9 Å². The van der Waals surface area contributed by atoms with Crippen LogP contribution in [0.3, 0.4) is 0 Å². The number of amides is 2. The largest absolute Gasteiger partial charge is 0.345 e. The fraction of sp³-hybridized carbons (Fsp3) is 0.200. The lowest BCUT2D eigenvalue weighted by molar-refractivity contribution is -0.117. The predicted octanol–water partition coefficient (Wildman–Crippen LogP) is 5.59. The molecule has 5 nitrogen and oxygen atoms in total. The molecule has 0 fully saturated rings. The van der Waals surface area contributed by atoms with Crippen LogP contribution in [0, 0.1) is 6.92 Å². The van der Waals surface area contributed by atoms with Crippen molar-refractivity contribution in [2.75, 3.05) is 11.9 Å². The number of carbonyl (C=O) groups is 2. The van der Waals surface area contributed by atoms with E-state index < -0.39 is 0 Å². The summed E-state index contributed by atoms with van der Waals surface area (Å²) in [7, 11) is 0. The summed E-state index contributed by atoms with van der Waals surface area (Å²) in [6, 6.07) is 27.9. The van der Waals surface area contributed by atoms with E-state index in [0.29, 0.717) is 17.8 Å². The molecule has 0 saturated heterocycles. The van der Waals surface area contributed by atoms with Gasteiger partial charge >= 0.3 is 0 Å². The molecule has 1 aliphatic heterocycles. The van der Waals surface area contributed by atoms with Gasteiger partial charge in [-0.3, -0.25) is 14.5 Å².